The first-order chi connectivity index (χ1) is 9.84. The Kier molecular flexibility index (Phi) is 4.58. The summed E-state index contributed by atoms with van der Waals surface area (Å²) in [6.45, 7) is 1.64. The summed E-state index contributed by atoms with van der Waals surface area (Å²) in [5, 5.41) is 7.89. The van der Waals surface area contributed by atoms with Crippen molar-refractivity contribution in [3.63, 3.8) is 0 Å². The Labute approximate surface area is 144 Å². The summed E-state index contributed by atoms with van der Waals surface area (Å²) in [7, 11) is 5.70. The minimum atomic E-state index is -1.74. The molecular formula is C9H12IN5O2S4. The van der Waals surface area contributed by atoms with E-state index in [4.69, 9.17) is 11.5 Å². The fourth-order valence-electron chi connectivity index (χ4n) is 1.59. The Bertz CT molecular complexity index is 609. The molecule has 1 atom stereocenters. The molecule has 1 unspecified atom stereocenters. The van der Waals surface area contributed by atoms with E-state index in [0.29, 0.717) is 4.43 Å². The van der Waals surface area contributed by atoms with Gasteiger partial charge in [-0.15, -0.1) is 0 Å². The number of rotatable bonds is 4. The summed E-state index contributed by atoms with van der Waals surface area (Å²) in [5.41, 5.74) is 12.4. The van der Waals surface area contributed by atoms with Crippen LogP contribution in [0.15, 0.2) is 6.20 Å². The number of nitrogens with two attached hydrogens (primary N) is 2. The summed E-state index contributed by atoms with van der Waals surface area (Å²) in [4.78, 5) is 23.0. The van der Waals surface area contributed by atoms with Crippen molar-refractivity contribution in [2.45, 2.75) is 16.1 Å². The number of alkyl halides is 2. The fraction of sp³-hybridized carbons (Fsp3) is 0.556. The normalized spacial score (nSPS) is 29.2. The van der Waals surface area contributed by atoms with Crippen molar-refractivity contribution in [3.8, 4) is 0 Å². The second-order valence-corrected chi connectivity index (χ2v) is 16.6. The Morgan fingerprint density at radius 3 is 2.71 bits per heavy atom. The fourth-order valence-corrected chi connectivity index (χ4v) is 15.1. The molecule has 0 radical (unpaired) electrons. The number of ketones is 1. The van der Waals surface area contributed by atoms with Gasteiger partial charge in [0.25, 0.3) is 0 Å². The van der Waals surface area contributed by atoms with Crippen LogP contribution < -0.4 is 11.5 Å². The van der Waals surface area contributed by atoms with Gasteiger partial charge >= 0.3 is 145 Å². The molecule has 1 aromatic rings. The van der Waals surface area contributed by atoms with Crippen LogP contribution >= 0.6 is 63.0 Å². The number of aromatic nitrogens is 3. The molecule has 116 valence electrons. The zero-order chi connectivity index (χ0) is 15.3. The Morgan fingerprint density at radius 1 is 1.38 bits per heavy atom. The van der Waals surface area contributed by atoms with Gasteiger partial charge in [-0.25, -0.2) is 0 Å². The number of halogens is 1. The van der Waals surface area contributed by atoms with Gasteiger partial charge < -0.3 is 0 Å². The van der Waals surface area contributed by atoms with E-state index in [1.165, 1.54) is 37.1 Å². The van der Waals surface area contributed by atoms with E-state index in [2.05, 4.69) is 10.3 Å². The molecule has 2 saturated heterocycles. The standard InChI is InChI=1S/C9H12IN5O2S4/c1-5(16)10-3-8(11,19-18-4-10)15-2-6(13-14-15)7(17)9(12)20-21-9/h2H,3-4,11-12H2,1H3. The molecule has 12 heteroatoms. The average Bonchev–Trinajstić information content (AvgIpc) is 3.01. The van der Waals surface area contributed by atoms with Crippen LogP contribution in [0, 0.1) is 0 Å². The van der Waals surface area contributed by atoms with Crippen LogP contribution in [0.1, 0.15) is 17.4 Å². The van der Waals surface area contributed by atoms with E-state index in [0.717, 1.165) is 3.76 Å². The number of carbonyl (C=O) groups excluding carboxylic acids is 2. The summed E-state index contributed by atoms with van der Waals surface area (Å²) in [5.74, 6) is -0.247. The van der Waals surface area contributed by atoms with E-state index < -0.39 is 29.0 Å². The molecule has 2 aliphatic rings. The molecule has 0 amide bonds. The third kappa shape index (κ3) is 3.26. The first-order valence-electron chi connectivity index (χ1n) is 5.69. The van der Waals surface area contributed by atoms with Gasteiger partial charge in [0.05, 0.1) is 0 Å². The number of carbonyl (C=O) groups is 2. The van der Waals surface area contributed by atoms with Crippen LogP contribution in [0.4, 0.5) is 0 Å². The van der Waals surface area contributed by atoms with Gasteiger partial charge in [0, 0.05) is 0 Å². The summed E-state index contributed by atoms with van der Waals surface area (Å²) < 4.78 is 2.37. The number of hydrogen-bond donors (Lipinski definition) is 2. The summed E-state index contributed by atoms with van der Waals surface area (Å²) >= 11 is -1.74. The van der Waals surface area contributed by atoms with E-state index in [-0.39, 0.29) is 15.3 Å². The molecule has 0 aliphatic carbocycles. The van der Waals surface area contributed by atoms with Crippen molar-refractivity contribution in [1.29, 1.82) is 0 Å². The van der Waals surface area contributed by atoms with Gasteiger partial charge in [-0.05, 0) is 0 Å². The maximum absolute atomic E-state index is 12.1. The van der Waals surface area contributed by atoms with E-state index in [9.17, 15) is 9.59 Å². The molecule has 0 saturated carbocycles. The summed E-state index contributed by atoms with van der Waals surface area (Å²) in [6, 6.07) is 0. The van der Waals surface area contributed by atoms with Crippen LogP contribution in [0.25, 0.3) is 0 Å². The third-order valence-electron chi connectivity index (χ3n) is 2.80. The van der Waals surface area contributed by atoms with Gasteiger partial charge in [0.1, 0.15) is 0 Å². The molecule has 4 N–H and O–H groups in total. The minimum absolute atomic E-state index is 0.221. The van der Waals surface area contributed by atoms with Crippen molar-refractivity contribution in [3.05, 3.63) is 11.9 Å². The molecule has 3 heterocycles. The molecule has 3 rings (SSSR count). The van der Waals surface area contributed by atoms with Crippen molar-refractivity contribution in [2.75, 3.05) is 8.19 Å². The molecule has 2 fully saturated rings. The molecule has 2 aliphatic heterocycles. The second-order valence-electron chi connectivity index (χ2n) is 4.43. The number of hydrogen-bond acceptors (Lipinski definition) is 10. The number of nitrogens with zero attached hydrogens (tertiary/aromatic N) is 3. The Morgan fingerprint density at radius 2 is 2.10 bits per heavy atom. The quantitative estimate of drug-likeness (QED) is 0.165. The number of Topliss-reactive ketones (excluding diaryl/α,β-unsaturated/α-hetero) is 1. The van der Waals surface area contributed by atoms with Crippen molar-refractivity contribution < 1.29 is 9.59 Å². The molecule has 0 spiro atoms. The van der Waals surface area contributed by atoms with Crippen molar-refractivity contribution in [1.82, 2.24) is 15.0 Å². The molecule has 0 aromatic carbocycles. The van der Waals surface area contributed by atoms with E-state index in [1.54, 1.807) is 23.9 Å². The average molecular weight is 477 g/mol. The van der Waals surface area contributed by atoms with Crippen LogP contribution in [0.3, 0.4) is 0 Å². The van der Waals surface area contributed by atoms with Gasteiger partial charge in [-0.2, -0.15) is 0 Å². The maximum atomic E-state index is 12.1. The topological polar surface area (TPSA) is 117 Å². The van der Waals surface area contributed by atoms with Gasteiger partial charge in [-0.1, -0.05) is 0 Å². The van der Waals surface area contributed by atoms with Crippen molar-refractivity contribution in [2.24, 2.45) is 11.5 Å². The van der Waals surface area contributed by atoms with Crippen LogP contribution in [-0.2, 0) is 9.79 Å². The van der Waals surface area contributed by atoms with Crippen LogP contribution in [-0.4, -0.2) is 37.0 Å². The van der Waals surface area contributed by atoms with Crippen molar-refractivity contribution >= 4 is 72.6 Å². The van der Waals surface area contributed by atoms with E-state index >= 15 is 0 Å². The van der Waals surface area contributed by atoms with Crippen LogP contribution in [0.5, 0.6) is 0 Å². The SMILES string of the molecule is CC(=O)I1CSSC(N)(n2cc(C(=O)C3(N)SS3)nn2)C1. The zero-order valence-electron chi connectivity index (χ0n) is 10.8. The van der Waals surface area contributed by atoms with E-state index in [1.807, 2.05) is 0 Å². The van der Waals surface area contributed by atoms with Gasteiger partial charge in [-0.3, -0.25) is 0 Å². The predicted octanol–water partition coefficient (Wildman–Crippen LogP) is 1.44. The van der Waals surface area contributed by atoms with Crippen LogP contribution in [0.2, 0.25) is 0 Å². The molecule has 7 nitrogen and oxygen atoms in total. The first-order valence-corrected chi connectivity index (χ1v) is 14.3. The summed E-state index contributed by atoms with van der Waals surface area (Å²) in [6.07, 6.45) is 1.55. The second kappa shape index (κ2) is 5.87. The molecule has 1 aromatic heterocycles. The molecular weight excluding hydrogens is 465 g/mol. The zero-order valence-corrected chi connectivity index (χ0v) is 16.2. The Hall–Kier alpha value is 0.530. The van der Waals surface area contributed by atoms with Gasteiger partial charge in [0.15, 0.2) is 0 Å². The molecule has 0 bridgehead atoms. The third-order valence-corrected chi connectivity index (χ3v) is 17.1. The monoisotopic (exact) mass is 477 g/mol. The molecule has 21 heavy (non-hydrogen) atoms. The van der Waals surface area contributed by atoms with Gasteiger partial charge in [0.2, 0.25) is 0 Å². The Balaban J connectivity index is 1.81. The predicted molar refractivity (Wildman–Crippen MR) is 98.2 cm³/mol. The first kappa shape index (κ1) is 16.4.